The van der Waals surface area contributed by atoms with Gasteiger partial charge in [0.2, 0.25) is 5.95 Å². The molecular weight excluding hydrogens is 218 g/mol. The van der Waals surface area contributed by atoms with Crippen LogP contribution in [0.3, 0.4) is 0 Å². The van der Waals surface area contributed by atoms with Crippen LogP contribution in [0.2, 0.25) is 0 Å². The Morgan fingerprint density at radius 1 is 1.19 bits per heavy atom. The Morgan fingerprint density at radius 3 is 2.62 bits per heavy atom. The minimum Gasteiger partial charge on any atom is -0.324 e. The van der Waals surface area contributed by atoms with E-state index in [1.165, 1.54) is 4.90 Å². The highest BCUT2D eigenvalue weighted by molar-refractivity contribution is 7.98. The molecule has 1 aromatic carbocycles. The molecule has 3 nitrogen and oxygen atoms in total. The number of rotatable bonds is 3. The topological polar surface area (TPSA) is 37.8 Å². The summed E-state index contributed by atoms with van der Waals surface area (Å²) in [6, 6.07) is 8.17. The van der Waals surface area contributed by atoms with Crippen molar-refractivity contribution in [2.75, 3.05) is 11.6 Å². The minimum absolute atomic E-state index is 0.629. The number of aryl methyl sites for hydroxylation is 1. The van der Waals surface area contributed by atoms with Crippen LogP contribution in [0.4, 0.5) is 11.6 Å². The highest BCUT2D eigenvalue weighted by atomic mass is 32.2. The van der Waals surface area contributed by atoms with Gasteiger partial charge in [-0.25, -0.2) is 9.97 Å². The summed E-state index contributed by atoms with van der Waals surface area (Å²) >= 11 is 1.72. The summed E-state index contributed by atoms with van der Waals surface area (Å²) in [5.74, 6) is 0.629. The second kappa shape index (κ2) is 4.99. The van der Waals surface area contributed by atoms with Crippen molar-refractivity contribution < 1.29 is 0 Å². The smallest absolute Gasteiger partial charge is 0.227 e. The molecular formula is C12H13N3S. The van der Waals surface area contributed by atoms with E-state index >= 15 is 0 Å². The van der Waals surface area contributed by atoms with Crippen LogP contribution in [0.15, 0.2) is 41.6 Å². The van der Waals surface area contributed by atoms with Gasteiger partial charge in [-0.2, -0.15) is 0 Å². The van der Waals surface area contributed by atoms with Crippen LogP contribution < -0.4 is 5.32 Å². The molecule has 0 bridgehead atoms. The van der Waals surface area contributed by atoms with Gasteiger partial charge in [0.05, 0.1) is 0 Å². The van der Waals surface area contributed by atoms with Crippen LogP contribution in [0.1, 0.15) is 5.56 Å². The van der Waals surface area contributed by atoms with Gasteiger partial charge in [-0.15, -0.1) is 11.8 Å². The average Bonchev–Trinajstić information content (AvgIpc) is 2.32. The third-order valence-corrected chi connectivity index (χ3v) is 2.83. The maximum absolute atomic E-state index is 4.20. The van der Waals surface area contributed by atoms with Gasteiger partial charge < -0.3 is 5.32 Å². The molecule has 0 fully saturated rings. The molecule has 2 aromatic rings. The lowest BCUT2D eigenvalue weighted by molar-refractivity contribution is 1.13. The number of aromatic nitrogens is 2. The highest BCUT2D eigenvalue weighted by Crippen LogP contribution is 2.20. The Labute approximate surface area is 99.3 Å². The van der Waals surface area contributed by atoms with Crippen LogP contribution in [0.25, 0.3) is 0 Å². The van der Waals surface area contributed by atoms with Gasteiger partial charge in [0.25, 0.3) is 0 Å². The summed E-state index contributed by atoms with van der Waals surface area (Å²) in [6.07, 6.45) is 5.66. The van der Waals surface area contributed by atoms with Crippen molar-refractivity contribution >= 4 is 23.4 Å². The molecule has 0 amide bonds. The molecule has 4 heteroatoms. The number of hydrogen-bond donors (Lipinski definition) is 1. The lowest BCUT2D eigenvalue weighted by Gasteiger charge is -2.05. The molecule has 1 N–H and O–H groups in total. The Bertz CT molecular complexity index is 468. The lowest BCUT2D eigenvalue weighted by Crippen LogP contribution is -1.96. The fraction of sp³-hybridized carbons (Fsp3) is 0.167. The molecule has 0 saturated carbocycles. The van der Waals surface area contributed by atoms with Gasteiger partial charge in [-0.3, -0.25) is 0 Å². The number of benzene rings is 1. The van der Waals surface area contributed by atoms with Gasteiger partial charge in [0, 0.05) is 23.0 Å². The molecule has 0 aliphatic carbocycles. The number of nitrogens with one attached hydrogen (secondary N) is 1. The molecule has 0 unspecified atom stereocenters. The van der Waals surface area contributed by atoms with Crippen LogP contribution >= 0.6 is 11.8 Å². The third kappa shape index (κ3) is 2.73. The van der Waals surface area contributed by atoms with Crippen molar-refractivity contribution in [3.05, 3.63) is 42.2 Å². The maximum Gasteiger partial charge on any atom is 0.227 e. The molecule has 0 radical (unpaired) electrons. The molecule has 0 aliphatic rings. The van der Waals surface area contributed by atoms with Gasteiger partial charge in [0.15, 0.2) is 0 Å². The standard InChI is InChI=1S/C12H13N3S/c1-9-7-13-12(14-8-9)15-10-4-3-5-11(6-10)16-2/h3-8H,1-2H3,(H,13,14,15). The monoisotopic (exact) mass is 231 g/mol. The van der Waals surface area contributed by atoms with E-state index in [0.29, 0.717) is 5.95 Å². The molecule has 1 aromatic heterocycles. The molecule has 0 aliphatic heterocycles. The van der Waals surface area contributed by atoms with Crippen LogP contribution in [0, 0.1) is 6.92 Å². The molecule has 0 saturated heterocycles. The molecule has 82 valence electrons. The van der Waals surface area contributed by atoms with Crippen molar-refractivity contribution in [3.8, 4) is 0 Å². The van der Waals surface area contributed by atoms with Gasteiger partial charge in [-0.05, 0) is 36.9 Å². The van der Waals surface area contributed by atoms with E-state index in [4.69, 9.17) is 0 Å². The average molecular weight is 231 g/mol. The van der Waals surface area contributed by atoms with Crippen molar-refractivity contribution in [2.45, 2.75) is 11.8 Å². The first kappa shape index (κ1) is 11.0. The SMILES string of the molecule is CSc1cccc(Nc2ncc(C)cn2)c1. The normalized spacial score (nSPS) is 10.1. The fourth-order valence-corrected chi connectivity index (χ4v) is 1.75. The van der Waals surface area contributed by atoms with Crippen molar-refractivity contribution in [1.82, 2.24) is 9.97 Å². The first-order valence-electron chi connectivity index (χ1n) is 4.97. The molecule has 0 spiro atoms. The Morgan fingerprint density at radius 2 is 1.94 bits per heavy atom. The van der Waals surface area contributed by atoms with Gasteiger partial charge >= 0.3 is 0 Å². The molecule has 0 atom stereocenters. The first-order chi connectivity index (χ1) is 7.78. The van der Waals surface area contributed by atoms with Gasteiger partial charge in [-0.1, -0.05) is 6.07 Å². The van der Waals surface area contributed by atoms with Crippen LogP contribution in [-0.2, 0) is 0 Å². The number of thioether (sulfide) groups is 1. The Balaban J connectivity index is 2.16. The number of anilines is 2. The summed E-state index contributed by atoms with van der Waals surface area (Å²) in [5.41, 5.74) is 2.07. The van der Waals surface area contributed by atoms with E-state index in [-0.39, 0.29) is 0 Å². The summed E-state index contributed by atoms with van der Waals surface area (Å²) in [4.78, 5) is 9.62. The zero-order chi connectivity index (χ0) is 11.4. The van der Waals surface area contributed by atoms with Crippen molar-refractivity contribution in [2.24, 2.45) is 0 Å². The van der Waals surface area contributed by atoms with Crippen molar-refractivity contribution in [3.63, 3.8) is 0 Å². The predicted octanol–water partition coefficient (Wildman–Crippen LogP) is 3.25. The summed E-state index contributed by atoms with van der Waals surface area (Å²) in [5, 5.41) is 3.17. The zero-order valence-corrected chi connectivity index (χ0v) is 10.1. The number of nitrogens with zero attached hydrogens (tertiary/aromatic N) is 2. The van der Waals surface area contributed by atoms with Crippen molar-refractivity contribution in [1.29, 1.82) is 0 Å². The predicted molar refractivity (Wildman–Crippen MR) is 68.3 cm³/mol. The molecule has 16 heavy (non-hydrogen) atoms. The second-order valence-electron chi connectivity index (χ2n) is 3.44. The summed E-state index contributed by atoms with van der Waals surface area (Å²) < 4.78 is 0. The second-order valence-corrected chi connectivity index (χ2v) is 4.32. The summed E-state index contributed by atoms with van der Waals surface area (Å²) in [6.45, 7) is 1.97. The van der Waals surface area contributed by atoms with Gasteiger partial charge in [0.1, 0.15) is 0 Å². The maximum atomic E-state index is 4.20. The van der Waals surface area contributed by atoms with E-state index in [1.807, 2.05) is 19.1 Å². The Kier molecular flexibility index (Phi) is 3.41. The van der Waals surface area contributed by atoms with Crippen LogP contribution in [-0.4, -0.2) is 16.2 Å². The lowest BCUT2D eigenvalue weighted by atomic mass is 10.3. The number of hydrogen-bond acceptors (Lipinski definition) is 4. The molecule has 2 rings (SSSR count). The van der Waals surface area contributed by atoms with E-state index in [1.54, 1.807) is 24.2 Å². The highest BCUT2D eigenvalue weighted by Gasteiger charge is 1.98. The third-order valence-electron chi connectivity index (χ3n) is 2.11. The Hall–Kier alpha value is -1.55. The van der Waals surface area contributed by atoms with E-state index < -0.39 is 0 Å². The van der Waals surface area contributed by atoms with E-state index in [0.717, 1.165) is 11.3 Å². The molecule has 1 heterocycles. The van der Waals surface area contributed by atoms with Crippen LogP contribution in [0.5, 0.6) is 0 Å². The summed E-state index contributed by atoms with van der Waals surface area (Å²) in [7, 11) is 0. The largest absolute Gasteiger partial charge is 0.324 e. The first-order valence-corrected chi connectivity index (χ1v) is 6.20. The van der Waals surface area contributed by atoms with E-state index in [2.05, 4.69) is 33.7 Å². The zero-order valence-electron chi connectivity index (χ0n) is 9.27. The minimum atomic E-state index is 0.629. The quantitative estimate of drug-likeness (QED) is 0.823. The van der Waals surface area contributed by atoms with E-state index in [9.17, 15) is 0 Å². The fourth-order valence-electron chi connectivity index (χ4n) is 1.29.